The summed E-state index contributed by atoms with van der Waals surface area (Å²) in [6.07, 6.45) is 61.1. The maximum atomic E-state index is 12.3. The van der Waals surface area contributed by atoms with Crippen molar-refractivity contribution in [2.45, 2.75) is 199 Å². The molecule has 0 aliphatic rings. The molecule has 1 amide bonds. The number of aliphatic hydroxyl groups excluding tert-OH is 2. The van der Waals surface area contributed by atoms with Gasteiger partial charge in [-0.15, -0.1) is 0 Å². The fourth-order valence-electron chi connectivity index (χ4n) is 5.93. The van der Waals surface area contributed by atoms with Gasteiger partial charge in [-0.2, -0.15) is 0 Å². The Morgan fingerprint density at radius 1 is 0.490 bits per heavy atom. The summed E-state index contributed by atoms with van der Waals surface area (Å²) in [5.41, 5.74) is 0. The molecule has 0 saturated heterocycles. The molecule has 0 aromatic heterocycles. The molecule has 0 aromatic rings. The first-order chi connectivity index (χ1) is 25.2. The summed E-state index contributed by atoms with van der Waals surface area (Å²) in [6.45, 7) is 4.17. The molecule has 0 radical (unpaired) electrons. The Kier molecular flexibility index (Phi) is 40.0. The molecule has 0 spiro atoms. The topological polar surface area (TPSA) is 69.6 Å². The minimum atomic E-state index is -0.661. The van der Waals surface area contributed by atoms with Crippen LogP contribution in [0.2, 0.25) is 0 Å². The summed E-state index contributed by atoms with van der Waals surface area (Å²) in [6, 6.07) is -0.538. The highest BCUT2D eigenvalue weighted by atomic mass is 16.3. The molecule has 0 bridgehead atoms. The molecule has 0 rings (SSSR count). The maximum Gasteiger partial charge on any atom is 0.220 e. The van der Waals surface area contributed by atoms with Gasteiger partial charge in [0.05, 0.1) is 18.8 Å². The number of carbonyl (C=O) groups excluding carboxylic acids is 1. The monoisotopic (exact) mass is 708 g/mol. The number of carbonyl (C=O) groups is 1. The molecule has 2 unspecified atom stereocenters. The van der Waals surface area contributed by atoms with Crippen LogP contribution in [-0.2, 0) is 4.79 Å². The SMILES string of the molecule is CC/C=C\C/C=C\C/C=C\C/C=C\C/C=C\C/C=C\C/C=C\CCCCCCCCCCCCCC(=O)NC(CO)C(O)CCCCCCCC. The van der Waals surface area contributed by atoms with Gasteiger partial charge in [0, 0.05) is 6.42 Å². The van der Waals surface area contributed by atoms with Crippen molar-refractivity contribution in [3.8, 4) is 0 Å². The first-order valence-corrected chi connectivity index (χ1v) is 21.3. The van der Waals surface area contributed by atoms with Crippen LogP contribution in [0.5, 0.6) is 0 Å². The van der Waals surface area contributed by atoms with Crippen molar-refractivity contribution in [2.24, 2.45) is 0 Å². The molecular formula is C47H81NO3. The van der Waals surface area contributed by atoms with E-state index in [1.165, 1.54) is 89.9 Å². The van der Waals surface area contributed by atoms with Crippen LogP contribution in [0.4, 0.5) is 0 Å². The lowest BCUT2D eigenvalue weighted by molar-refractivity contribution is -0.123. The second-order valence-electron chi connectivity index (χ2n) is 14.0. The van der Waals surface area contributed by atoms with Crippen molar-refractivity contribution in [1.29, 1.82) is 0 Å². The van der Waals surface area contributed by atoms with Gasteiger partial charge in [0.25, 0.3) is 0 Å². The number of hydrogen-bond donors (Lipinski definition) is 3. The number of aliphatic hydroxyl groups is 2. The summed E-state index contributed by atoms with van der Waals surface area (Å²) in [5.74, 6) is -0.0450. The van der Waals surface area contributed by atoms with E-state index in [-0.39, 0.29) is 12.5 Å². The van der Waals surface area contributed by atoms with Gasteiger partial charge in [-0.05, 0) is 70.6 Å². The average Bonchev–Trinajstić information content (AvgIpc) is 3.13. The van der Waals surface area contributed by atoms with Crippen LogP contribution in [0.15, 0.2) is 85.1 Å². The second kappa shape index (κ2) is 42.0. The van der Waals surface area contributed by atoms with E-state index in [0.29, 0.717) is 12.8 Å². The average molecular weight is 708 g/mol. The molecule has 4 nitrogen and oxygen atoms in total. The van der Waals surface area contributed by atoms with Crippen molar-refractivity contribution in [3.63, 3.8) is 0 Å². The molecule has 51 heavy (non-hydrogen) atoms. The molecular weight excluding hydrogens is 627 g/mol. The largest absolute Gasteiger partial charge is 0.394 e. The van der Waals surface area contributed by atoms with Gasteiger partial charge in [0.15, 0.2) is 0 Å². The molecule has 4 heteroatoms. The van der Waals surface area contributed by atoms with Crippen LogP contribution in [-0.4, -0.2) is 34.9 Å². The maximum absolute atomic E-state index is 12.3. The quantitative estimate of drug-likeness (QED) is 0.0445. The molecule has 0 aliphatic carbocycles. The zero-order chi connectivity index (χ0) is 37.1. The van der Waals surface area contributed by atoms with Crippen LogP contribution in [0.1, 0.15) is 187 Å². The molecule has 3 N–H and O–H groups in total. The minimum Gasteiger partial charge on any atom is -0.394 e. The van der Waals surface area contributed by atoms with E-state index < -0.39 is 12.1 Å². The van der Waals surface area contributed by atoms with Gasteiger partial charge >= 0.3 is 0 Å². The van der Waals surface area contributed by atoms with E-state index in [1.54, 1.807) is 0 Å². The normalized spacial score (nSPS) is 13.9. The lowest BCUT2D eigenvalue weighted by atomic mass is 10.0. The summed E-state index contributed by atoms with van der Waals surface area (Å²) >= 11 is 0. The molecule has 0 aliphatic heterocycles. The van der Waals surface area contributed by atoms with Crippen LogP contribution in [0, 0.1) is 0 Å². The van der Waals surface area contributed by atoms with E-state index in [9.17, 15) is 15.0 Å². The van der Waals surface area contributed by atoms with Crippen LogP contribution >= 0.6 is 0 Å². The number of rotatable bonds is 37. The van der Waals surface area contributed by atoms with Gasteiger partial charge in [0.2, 0.25) is 5.91 Å². The Balaban J connectivity index is 3.53. The standard InChI is InChI=1S/C47H81NO3/c1-3-5-7-9-11-12-13-14-15-16-17-18-19-20-21-22-23-24-25-26-27-28-29-30-31-32-33-34-35-36-37-39-41-43-47(51)48-45(44-49)46(50)42-40-38-10-8-6-4-2/h5,7,11-12,14-15,17-18,20-21,23-24,26-27,45-46,49-50H,3-4,6,8-10,13,16,19,22,25,28-44H2,1-2H3,(H,48,51)/b7-5-,12-11-,15-14-,18-17-,21-20-,24-23-,27-26-. The fraction of sp³-hybridized carbons (Fsp3) is 0.681. The third-order valence-corrected chi connectivity index (χ3v) is 9.17. The van der Waals surface area contributed by atoms with Gasteiger partial charge in [-0.1, -0.05) is 195 Å². The van der Waals surface area contributed by atoms with Crippen LogP contribution < -0.4 is 5.32 Å². The van der Waals surface area contributed by atoms with E-state index in [0.717, 1.165) is 70.6 Å². The Morgan fingerprint density at radius 3 is 1.29 bits per heavy atom. The fourth-order valence-corrected chi connectivity index (χ4v) is 5.93. The van der Waals surface area contributed by atoms with Gasteiger partial charge in [0.1, 0.15) is 0 Å². The van der Waals surface area contributed by atoms with Crippen LogP contribution in [0.25, 0.3) is 0 Å². The molecule has 0 heterocycles. The van der Waals surface area contributed by atoms with Crippen molar-refractivity contribution < 1.29 is 15.0 Å². The second-order valence-corrected chi connectivity index (χ2v) is 14.0. The van der Waals surface area contributed by atoms with Gasteiger partial charge < -0.3 is 15.5 Å². The minimum absolute atomic E-state index is 0.0450. The highest BCUT2D eigenvalue weighted by Gasteiger charge is 2.19. The first-order valence-electron chi connectivity index (χ1n) is 21.3. The van der Waals surface area contributed by atoms with Crippen molar-refractivity contribution in [1.82, 2.24) is 5.32 Å². The Bertz CT molecular complexity index is 941. The highest BCUT2D eigenvalue weighted by Crippen LogP contribution is 2.14. The zero-order valence-corrected chi connectivity index (χ0v) is 33.3. The summed E-state index contributed by atoms with van der Waals surface area (Å²) < 4.78 is 0. The molecule has 0 aromatic carbocycles. The first kappa shape index (κ1) is 48.6. The molecule has 0 saturated carbocycles. The summed E-state index contributed by atoms with van der Waals surface area (Å²) in [7, 11) is 0. The smallest absolute Gasteiger partial charge is 0.220 e. The van der Waals surface area contributed by atoms with E-state index >= 15 is 0 Å². The molecule has 2 atom stereocenters. The van der Waals surface area contributed by atoms with Crippen molar-refractivity contribution >= 4 is 5.91 Å². The van der Waals surface area contributed by atoms with E-state index in [4.69, 9.17) is 0 Å². The number of amides is 1. The predicted molar refractivity (Wildman–Crippen MR) is 225 cm³/mol. The lowest BCUT2D eigenvalue weighted by Crippen LogP contribution is -2.45. The number of nitrogens with one attached hydrogen (secondary N) is 1. The Labute approximate surface area is 316 Å². The van der Waals surface area contributed by atoms with Crippen molar-refractivity contribution in [3.05, 3.63) is 85.1 Å². The Hall–Kier alpha value is -2.43. The number of allylic oxidation sites excluding steroid dienone is 14. The number of unbranched alkanes of at least 4 members (excludes halogenated alkanes) is 16. The summed E-state index contributed by atoms with van der Waals surface area (Å²) in [4.78, 5) is 12.3. The number of hydrogen-bond acceptors (Lipinski definition) is 3. The van der Waals surface area contributed by atoms with E-state index in [1.807, 2.05) is 0 Å². The molecule has 0 fully saturated rings. The van der Waals surface area contributed by atoms with Crippen LogP contribution in [0.3, 0.4) is 0 Å². The van der Waals surface area contributed by atoms with Gasteiger partial charge in [-0.25, -0.2) is 0 Å². The lowest BCUT2D eigenvalue weighted by Gasteiger charge is -2.22. The zero-order valence-electron chi connectivity index (χ0n) is 33.3. The predicted octanol–water partition coefficient (Wildman–Crippen LogP) is 13.3. The Morgan fingerprint density at radius 2 is 0.863 bits per heavy atom. The van der Waals surface area contributed by atoms with Gasteiger partial charge in [-0.3, -0.25) is 4.79 Å². The summed E-state index contributed by atoms with van der Waals surface area (Å²) in [5, 5.41) is 22.8. The third kappa shape index (κ3) is 38.6. The highest BCUT2D eigenvalue weighted by molar-refractivity contribution is 5.76. The van der Waals surface area contributed by atoms with Crippen molar-refractivity contribution in [2.75, 3.05) is 6.61 Å². The molecule has 292 valence electrons. The van der Waals surface area contributed by atoms with E-state index in [2.05, 4.69) is 104 Å². The third-order valence-electron chi connectivity index (χ3n) is 9.17.